The monoisotopic (exact) mass is 587 g/mol. The van der Waals surface area contributed by atoms with E-state index in [1.807, 2.05) is 66.7 Å². The summed E-state index contributed by atoms with van der Waals surface area (Å²) >= 11 is 0. The molecule has 0 N–H and O–H groups in total. The number of hydrogen-bond acceptors (Lipinski definition) is 6. The lowest BCUT2D eigenvalue weighted by atomic mass is 9.93. The minimum Gasteiger partial charge on any atom is -0.453 e. The summed E-state index contributed by atoms with van der Waals surface area (Å²) in [5, 5.41) is 21.2. The third kappa shape index (κ3) is 3.75. The molecule has 0 atom stereocenters. The predicted octanol–water partition coefficient (Wildman–Crippen LogP) is 9.93. The highest BCUT2D eigenvalue weighted by Crippen LogP contribution is 2.51. The largest absolute Gasteiger partial charge is 0.453 e. The second-order valence-electron chi connectivity index (χ2n) is 11.2. The molecule has 0 saturated carbocycles. The summed E-state index contributed by atoms with van der Waals surface area (Å²) in [6.45, 7) is 0. The maximum atomic E-state index is 9.52. The third-order valence-electron chi connectivity index (χ3n) is 8.75. The Morgan fingerprint density at radius 2 is 1.02 bits per heavy atom. The molecule has 212 valence electrons. The fraction of sp³-hybridized carbons (Fsp3) is 0. The first kappa shape index (κ1) is 25.7. The predicted molar refractivity (Wildman–Crippen MR) is 179 cm³/mol. The number of benzene rings is 6. The summed E-state index contributed by atoms with van der Waals surface area (Å²) in [5.74, 6) is 1.67. The van der Waals surface area contributed by atoms with Crippen LogP contribution in [0.4, 0.5) is 17.1 Å². The summed E-state index contributed by atoms with van der Waals surface area (Å²) in [4.78, 5) is 11.3. The van der Waals surface area contributed by atoms with Gasteiger partial charge in [-0.05, 0) is 64.0 Å². The number of ether oxygens (including phenoxy) is 1. The van der Waals surface area contributed by atoms with Crippen molar-refractivity contribution in [1.82, 2.24) is 9.97 Å². The van der Waals surface area contributed by atoms with Crippen molar-refractivity contribution in [2.75, 3.05) is 4.90 Å². The highest BCUT2D eigenvalue weighted by atomic mass is 16.5. The Balaban J connectivity index is 1.06. The van der Waals surface area contributed by atoms with Crippen molar-refractivity contribution < 1.29 is 4.74 Å². The van der Waals surface area contributed by atoms with Gasteiger partial charge in [0.2, 0.25) is 0 Å². The summed E-state index contributed by atoms with van der Waals surface area (Å²) in [6, 6.07) is 47.7. The van der Waals surface area contributed by atoms with E-state index in [-0.39, 0.29) is 11.4 Å². The van der Waals surface area contributed by atoms with Crippen molar-refractivity contribution in [3.63, 3.8) is 0 Å². The molecule has 46 heavy (non-hydrogen) atoms. The maximum Gasteiger partial charge on any atom is 0.177 e. The summed E-state index contributed by atoms with van der Waals surface area (Å²) in [6.07, 6.45) is 0. The first-order chi connectivity index (χ1) is 22.7. The van der Waals surface area contributed by atoms with Gasteiger partial charge in [-0.3, -0.25) is 0 Å². The van der Waals surface area contributed by atoms with E-state index in [0.29, 0.717) is 11.4 Å². The van der Waals surface area contributed by atoms with Crippen molar-refractivity contribution >= 4 is 27.8 Å². The van der Waals surface area contributed by atoms with Crippen molar-refractivity contribution in [1.29, 1.82) is 10.5 Å². The number of anilines is 3. The van der Waals surface area contributed by atoms with Gasteiger partial charge in [-0.2, -0.15) is 10.5 Å². The molecule has 1 aliphatic carbocycles. The van der Waals surface area contributed by atoms with Gasteiger partial charge in [0.1, 0.15) is 12.1 Å². The molecular formula is C40H21N5O. The first-order valence-corrected chi connectivity index (χ1v) is 14.9. The van der Waals surface area contributed by atoms with Gasteiger partial charge in [-0.15, -0.1) is 0 Å². The Labute approximate surface area is 264 Å². The standard InChI is InChI=1S/C40H21N5O/c41-22-32-33(23-42)44-40-31-21-20-28(29-6-5-7-30(38(29)31)39(40)43-32)26-14-12-24(13-15-26)25-16-18-27(19-17-25)45-34-8-1-3-10-36(34)46-37-11-4-2-9-35(37)45/h1-21H. The van der Waals surface area contributed by atoms with E-state index in [9.17, 15) is 10.5 Å². The van der Waals surface area contributed by atoms with Crippen LogP contribution in [0.25, 0.3) is 55.5 Å². The number of rotatable bonds is 3. The molecule has 1 aliphatic heterocycles. The van der Waals surface area contributed by atoms with Crippen LogP contribution in [-0.4, -0.2) is 9.97 Å². The Hall–Kier alpha value is -6.76. The van der Waals surface area contributed by atoms with Crippen LogP contribution in [0.5, 0.6) is 11.5 Å². The Bertz CT molecular complexity index is 2380. The summed E-state index contributed by atoms with van der Waals surface area (Å²) in [5.41, 5.74) is 10.8. The lowest BCUT2D eigenvalue weighted by molar-refractivity contribution is 0.477. The van der Waals surface area contributed by atoms with Crippen molar-refractivity contribution in [3.8, 4) is 68.4 Å². The lowest BCUT2D eigenvalue weighted by Gasteiger charge is -2.32. The van der Waals surface area contributed by atoms with E-state index in [2.05, 4.69) is 87.7 Å². The molecule has 0 fully saturated rings. The van der Waals surface area contributed by atoms with Gasteiger partial charge in [0.15, 0.2) is 22.9 Å². The quantitative estimate of drug-likeness (QED) is 0.204. The number of nitriles is 2. The molecule has 0 unspecified atom stereocenters. The fourth-order valence-corrected chi connectivity index (χ4v) is 6.65. The molecule has 9 rings (SSSR count). The molecule has 0 bridgehead atoms. The van der Waals surface area contributed by atoms with Gasteiger partial charge in [0.05, 0.1) is 22.8 Å². The third-order valence-corrected chi connectivity index (χ3v) is 8.75. The van der Waals surface area contributed by atoms with E-state index in [1.165, 1.54) is 0 Å². The number of nitrogens with zero attached hydrogens (tertiary/aromatic N) is 5. The van der Waals surface area contributed by atoms with Gasteiger partial charge in [0, 0.05) is 22.2 Å². The van der Waals surface area contributed by atoms with E-state index in [1.54, 1.807) is 0 Å². The zero-order valence-electron chi connectivity index (χ0n) is 24.3. The van der Waals surface area contributed by atoms with Crippen LogP contribution in [0.1, 0.15) is 11.4 Å². The van der Waals surface area contributed by atoms with Gasteiger partial charge in [-0.25, -0.2) is 9.97 Å². The summed E-state index contributed by atoms with van der Waals surface area (Å²) < 4.78 is 6.18. The molecule has 0 amide bonds. The minimum absolute atomic E-state index is 0.0504. The molecular weight excluding hydrogens is 566 g/mol. The van der Waals surface area contributed by atoms with Crippen LogP contribution < -0.4 is 9.64 Å². The molecule has 2 heterocycles. The van der Waals surface area contributed by atoms with Gasteiger partial charge in [-0.1, -0.05) is 91.0 Å². The Morgan fingerprint density at radius 3 is 1.63 bits per heavy atom. The van der Waals surface area contributed by atoms with Gasteiger partial charge >= 0.3 is 0 Å². The van der Waals surface area contributed by atoms with Crippen LogP contribution in [0, 0.1) is 22.7 Å². The minimum atomic E-state index is 0.0504. The van der Waals surface area contributed by atoms with Crippen LogP contribution in [0.15, 0.2) is 127 Å². The highest BCUT2D eigenvalue weighted by molar-refractivity contribution is 6.17. The van der Waals surface area contributed by atoms with Crippen LogP contribution in [0.3, 0.4) is 0 Å². The smallest absolute Gasteiger partial charge is 0.177 e. The average Bonchev–Trinajstić information content (AvgIpc) is 3.44. The highest BCUT2D eigenvalue weighted by Gasteiger charge is 2.28. The van der Waals surface area contributed by atoms with Crippen LogP contribution in [0.2, 0.25) is 0 Å². The summed E-state index contributed by atoms with van der Waals surface area (Å²) in [7, 11) is 0. The SMILES string of the molecule is N#Cc1nc2c(nc1C#N)-c1ccc(-c3ccc(-c4ccc(N5c6ccccc6Oc6ccccc65)cc4)cc3)c3cccc-2c13. The topological polar surface area (TPSA) is 85.8 Å². The number of aromatic nitrogens is 2. The first-order valence-electron chi connectivity index (χ1n) is 14.9. The number of para-hydroxylation sites is 4. The molecule has 6 heteroatoms. The van der Waals surface area contributed by atoms with Crippen molar-refractivity contribution in [3.05, 3.63) is 139 Å². The lowest BCUT2D eigenvalue weighted by Crippen LogP contribution is -2.15. The zero-order chi connectivity index (χ0) is 30.8. The molecule has 0 radical (unpaired) electrons. The van der Waals surface area contributed by atoms with E-state index in [4.69, 9.17) is 4.74 Å². The van der Waals surface area contributed by atoms with Crippen LogP contribution >= 0.6 is 0 Å². The van der Waals surface area contributed by atoms with E-state index in [0.717, 1.165) is 72.7 Å². The van der Waals surface area contributed by atoms with Crippen molar-refractivity contribution in [2.24, 2.45) is 0 Å². The number of hydrogen-bond donors (Lipinski definition) is 0. The molecule has 6 aromatic carbocycles. The normalized spacial score (nSPS) is 12.0. The molecule has 0 saturated heterocycles. The molecule has 2 aliphatic rings. The van der Waals surface area contributed by atoms with Crippen LogP contribution in [-0.2, 0) is 0 Å². The fourth-order valence-electron chi connectivity index (χ4n) is 6.65. The second-order valence-corrected chi connectivity index (χ2v) is 11.2. The molecule has 6 nitrogen and oxygen atoms in total. The second kappa shape index (κ2) is 9.89. The average molecular weight is 588 g/mol. The van der Waals surface area contributed by atoms with Gasteiger partial charge < -0.3 is 9.64 Å². The van der Waals surface area contributed by atoms with Crippen molar-refractivity contribution in [2.45, 2.75) is 0 Å². The maximum absolute atomic E-state index is 9.52. The Kier molecular flexibility index (Phi) is 5.53. The Morgan fingerprint density at radius 1 is 0.500 bits per heavy atom. The zero-order valence-corrected chi connectivity index (χ0v) is 24.3. The molecule has 1 aromatic heterocycles. The number of fused-ring (bicyclic) bond motifs is 5. The molecule has 7 aromatic rings. The van der Waals surface area contributed by atoms with E-state index >= 15 is 0 Å². The van der Waals surface area contributed by atoms with E-state index < -0.39 is 0 Å². The molecule has 0 spiro atoms. The van der Waals surface area contributed by atoms with Gasteiger partial charge in [0.25, 0.3) is 0 Å².